The van der Waals surface area contributed by atoms with Crippen molar-refractivity contribution in [1.82, 2.24) is 20.4 Å². The van der Waals surface area contributed by atoms with Gasteiger partial charge in [0.15, 0.2) is 5.96 Å². The summed E-state index contributed by atoms with van der Waals surface area (Å²) in [5, 5.41) is 7.45. The molecule has 1 aliphatic heterocycles. The number of hydrogen-bond donors (Lipinski definition) is 2. The largest absolute Gasteiger partial charge is 0.356 e. The molecule has 0 atom stereocenters. The zero-order chi connectivity index (χ0) is 18.1. The van der Waals surface area contributed by atoms with Crippen molar-refractivity contribution in [2.45, 2.75) is 13.3 Å². The first kappa shape index (κ1) is 23.0. The Balaban J connectivity index is 0.00000338. The van der Waals surface area contributed by atoms with Crippen molar-refractivity contribution in [3.05, 3.63) is 34.9 Å². The van der Waals surface area contributed by atoms with Crippen LogP contribution >= 0.6 is 35.6 Å². The lowest BCUT2D eigenvalue weighted by Gasteiger charge is -2.34. The molecule has 0 aliphatic carbocycles. The van der Waals surface area contributed by atoms with Gasteiger partial charge < -0.3 is 15.5 Å². The number of nitrogens with one attached hydrogen (secondary N) is 2. The molecule has 0 bridgehead atoms. The summed E-state index contributed by atoms with van der Waals surface area (Å²) in [7, 11) is 1.77. The number of nitrogens with zero attached hydrogens (tertiary/aromatic N) is 3. The summed E-state index contributed by atoms with van der Waals surface area (Å²) in [6.07, 6.45) is 0.855. The fourth-order valence-corrected chi connectivity index (χ4v) is 3.09. The Labute approximate surface area is 178 Å². The number of aliphatic imine (C=N–C) groups is 1. The van der Waals surface area contributed by atoms with Crippen LogP contribution in [-0.2, 0) is 11.2 Å². The van der Waals surface area contributed by atoms with E-state index in [9.17, 15) is 4.79 Å². The highest BCUT2D eigenvalue weighted by Gasteiger charge is 2.17. The monoisotopic (exact) mass is 493 g/mol. The van der Waals surface area contributed by atoms with Crippen LogP contribution in [0.1, 0.15) is 12.5 Å². The van der Waals surface area contributed by atoms with Crippen molar-refractivity contribution in [2.75, 3.05) is 52.9 Å². The molecule has 8 heteroatoms. The third kappa shape index (κ3) is 7.67. The molecule has 1 aliphatic rings. The second-order valence-corrected chi connectivity index (χ2v) is 6.52. The smallest absolute Gasteiger partial charge is 0.219 e. The number of carbonyl (C=O) groups is 1. The van der Waals surface area contributed by atoms with E-state index in [1.807, 2.05) is 29.2 Å². The van der Waals surface area contributed by atoms with E-state index in [0.29, 0.717) is 0 Å². The van der Waals surface area contributed by atoms with Crippen molar-refractivity contribution in [3.63, 3.8) is 0 Å². The van der Waals surface area contributed by atoms with Gasteiger partial charge in [0, 0.05) is 64.8 Å². The summed E-state index contributed by atoms with van der Waals surface area (Å²) < 4.78 is 0. The van der Waals surface area contributed by atoms with Gasteiger partial charge in [-0.25, -0.2) is 0 Å². The topological polar surface area (TPSA) is 60.0 Å². The maximum atomic E-state index is 11.3. The van der Waals surface area contributed by atoms with Crippen LogP contribution in [0.4, 0.5) is 0 Å². The van der Waals surface area contributed by atoms with Gasteiger partial charge >= 0.3 is 0 Å². The Morgan fingerprint density at radius 3 is 2.42 bits per heavy atom. The Morgan fingerprint density at radius 2 is 1.81 bits per heavy atom. The first-order chi connectivity index (χ1) is 12.1. The maximum absolute atomic E-state index is 11.3. The van der Waals surface area contributed by atoms with Gasteiger partial charge in [0.25, 0.3) is 0 Å². The number of amides is 1. The lowest BCUT2D eigenvalue weighted by atomic mass is 10.1. The summed E-state index contributed by atoms with van der Waals surface area (Å²) in [4.78, 5) is 19.9. The molecule has 1 aromatic rings. The molecule has 0 unspecified atom stereocenters. The van der Waals surface area contributed by atoms with E-state index in [4.69, 9.17) is 11.6 Å². The molecule has 2 rings (SSSR count). The lowest BCUT2D eigenvalue weighted by molar-refractivity contribution is -0.130. The Hall–Kier alpha value is -1.06. The van der Waals surface area contributed by atoms with Crippen LogP contribution < -0.4 is 10.6 Å². The Morgan fingerprint density at radius 1 is 1.15 bits per heavy atom. The third-order valence-electron chi connectivity index (χ3n) is 4.41. The van der Waals surface area contributed by atoms with E-state index < -0.39 is 0 Å². The molecule has 26 heavy (non-hydrogen) atoms. The fraction of sp³-hybridized carbons (Fsp3) is 0.556. The lowest BCUT2D eigenvalue weighted by Crippen LogP contribution is -2.50. The van der Waals surface area contributed by atoms with E-state index in [0.717, 1.165) is 68.8 Å². The predicted molar refractivity (Wildman–Crippen MR) is 119 cm³/mol. The molecule has 1 fully saturated rings. The average Bonchev–Trinajstić information content (AvgIpc) is 2.62. The molecule has 0 aromatic heterocycles. The normalized spacial score (nSPS) is 15.3. The number of hydrogen-bond acceptors (Lipinski definition) is 3. The highest BCUT2D eigenvalue weighted by molar-refractivity contribution is 14.0. The second-order valence-electron chi connectivity index (χ2n) is 6.11. The molecular weight excluding hydrogens is 465 g/mol. The van der Waals surface area contributed by atoms with Crippen LogP contribution in [0.2, 0.25) is 5.02 Å². The van der Waals surface area contributed by atoms with Gasteiger partial charge in [0.1, 0.15) is 0 Å². The number of benzene rings is 1. The molecule has 1 aromatic carbocycles. The number of rotatable bonds is 6. The van der Waals surface area contributed by atoms with Gasteiger partial charge in [-0.15, -0.1) is 24.0 Å². The SMILES string of the molecule is CN=C(NCCc1ccccc1Cl)NCCN1CCN(C(C)=O)CC1.I. The fourth-order valence-electron chi connectivity index (χ4n) is 2.86. The van der Waals surface area contributed by atoms with Crippen LogP contribution in [0, 0.1) is 0 Å². The summed E-state index contributed by atoms with van der Waals surface area (Å²) in [6.45, 7) is 7.68. The zero-order valence-corrected chi connectivity index (χ0v) is 18.6. The van der Waals surface area contributed by atoms with E-state index in [1.54, 1.807) is 14.0 Å². The summed E-state index contributed by atoms with van der Waals surface area (Å²) in [6, 6.07) is 7.90. The molecule has 1 heterocycles. The molecule has 1 amide bonds. The van der Waals surface area contributed by atoms with E-state index in [-0.39, 0.29) is 29.9 Å². The van der Waals surface area contributed by atoms with Gasteiger partial charge in [0.05, 0.1) is 0 Å². The van der Waals surface area contributed by atoms with Crippen LogP contribution in [0.3, 0.4) is 0 Å². The van der Waals surface area contributed by atoms with Crippen LogP contribution in [-0.4, -0.2) is 74.5 Å². The van der Waals surface area contributed by atoms with E-state index in [1.165, 1.54) is 0 Å². The first-order valence-electron chi connectivity index (χ1n) is 8.76. The highest BCUT2D eigenvalue weighted by Crippen LogP contribution is 2.14. The van der Waals surface area contributed by atoms with Crippen LogP contribution in [0.5, 0.6) is 0 Å². The maximum Gasteiger partial charge on any atom is 0.219 e. The molecule has 0 saturated carbocycles. The van der Waals surface area contributed by atoms with Gasteiger partial charge in [-0.3, -0.25) is 14.7 Å². The Bertz CT molecular complexity index is 591. The van der Waals surface area contributed by atoms with Gasteiger partial charge in [-0.1, -0.05) is 29.8 Å². The predicted octanol–water partition coefficient (Wildman–Crippen LogP) is 1.83. The standard InChI is InChI=1S/C18H28ClN5O.HI/c1-15(25)24-13-11-23(12-14-24)10-9-22-18(20-2)21-8-7-16-5-3-4-6-17(16)19;/h3-6H,7-14H2,1-2H3,(H2,20,21,22);1H. The van der Waals surface area contributed by atoms with Gasteiger partial charge in [-0.2, -0.15) is 0 Å². The quantitative estimate of drug-likeness (QED) is 0.361. The van der Waals surface area contributed by atoms with Crippen LogP contribution in [0.15, 0.2) is 29.3 Å². The molecule has 6 nitrogen and oxygen atoms in total. The molecule has 0 radical (unpaired) electrons. The number of carbonyl (C=O) groups excluding carboxylic acids is 1. The summed E-state index contributed by atoms with van der Waals surface area (Å²) in [5.74, 6) is 0.968. The highest BCUT2D eigenvalue weighted by atomic mass is 127. The number of piperazine rings is 1. The van der Waals surface area contributed by atoms with Crippen molar-refractivity contribution in [1.29, 1.82) is 0 Å². The summed E-state index contributed by atoms with van der Waals surface area (Å²) >= 11 is 6.17. The van der Waals surface area contributed by atoms with Gasteiger partial charge in [0.2, 0.25) is 5.91 Å². The molecule has 2 N–H and O–H groups in total. The number of halogens is 2. The minimum Gasteiger partial charge on any atom is -0.356 e. The molecule has 1 saturated heterocycles. The summed E-state index contributed by atoms with van der Waals surface area (Å²) in [5.41, 5.74) is 1.13. The third-order valence-corrected chi connectivity index (χ3v) is 4.78. The van der Waals surface area contributed by atoms with Crippen molar-refractivity contribution >= 4 is 47.4 Å². The van der Waals surface area contributed by atoms with Crippen molar-refractivity contribution in [3.8, 4) is 0 Å². The minimum absolute atomic E-state index is 0. The van der Waals surface area contributed by atoms with E-state index in [2.05, 4.69) is 20.5 Å². The number of guanidine groups is 1. The van der Waals surface area contributed by atoms with Crippen molar-refractivity contribution in [2.24, 2.45) is 4.99 Å². The Kier molecular flexibility index (Phi) is 10.9. The van der Waals surface area contributed by atoms with E-state index >= 15 is 0 Å². The van der Waals surface area contributed by atoms with Crippen LogP contribution in [0.25, 0.3) is 0 Å². The van der Waals surface area contributed by atoms with Gasteiger partial charge in [-0.05, 0) is 18.1 Å². The minimum atomic E-state index is 0. The molecule has 0 spiro atoms. The molecular formula is C18H29ClIN5O. The first-order valence-corrected chi connectivity index (χ1v) is 9.13. The molecule has 146 valence electrons. The average molecular weight is 494 g/mol. The second kappa shape index (κ2) is 12.3. The zero-order valence-electron chi connectivity index (χ0n) is 15.5. The van der Waals surface area contributed by atoms with Crippen molar-refractivity contribution < 1.29 is 4.79 Å².